The highest BCUT2D eigenvalue weighted by Gasteiger charge is 2.11. The van der Waals surface area contributed by atoms with Crippen LogP contribution in [0.25, 0.3) is 0 Å². The van der Waals surface area contributed by atoms with Crippen LogP contribution in [0.15, 0.2) is 42.5 Å². The van der Waals surface area contributed by atoms with Gasteiger partial charge in [-0.1, -0.05) is 17.7 Å². The predicted octanol–water partition coefficient (Wildman–Crippen LogP) is 3.52. The monoisotopic (exact) mass is 272 g/mol. The number of nitro groups is 1. The molecule has 0 radical (unpaired) electrons. The number of hydrogen-bond acceptors (Lipinski definition) is 4. The standard InChI is InChI=1S/C15H16N2O3/c1-11-3-5-13(6-4-11)16-10-12-9-14(17(18)19)7-8-15(12)20-2/h3-9,16H,10H2,1-2H3. The number of benzene rings is 2. The maximum atomic E-state index is 10.8. The van der Waals surface area contributed by atoms with E-state index in [1.165, 1.54) is 17.7 Å². The first kappa shape index (κ1) is 13.9. The highest BCUT2D eigenvalue weighted by Crippen LogP contribution is 2.24. The summed E-state index contributed by atoms with van der Waals surface area (Å²) in [5, 5.41) is 14.0. The Morgan fingerprint density at radius 2 is 1.90 bits per heavy atom. The highest BCUT2D eigenvalue weighted by molar-refractivity contribution is 5.49. The van der Waals surface area contributed by atoms with E-state index in [4.69, 9.17) is 4.74 Å². The number of anilines is 1. The van der Waals surface area contributed by atoms with Crippen LogP contribution in [0.3, 0.4) is 0 Å². The molecule has 5 nitrogen and oxygen atoms in total. The molecule has 0 spiro atoms. The van der Waals surface area contributed by atoms with Crippen molar-refractivity contribution in [3.05, 3.63) is 63.7 Å². The molecule has 2 aromatic rings. The second kappa shape index (κ2) is 6.06. The molecule has 0 unspecified atom stereocenters. The highest BCUT2D eigenvalue weighted by atomic mass is 16.6. The molecule has 0 aliphatic carbocycles. The molecule has 0 amide bonds. The van der Waals surface area contributed by atoms with E-state index in [1.807, 2.05) is 31.2 Å². The van der Waals surface area contributed by atoms with E-state index in [-0.39, 0.29) is 5.69 Å². The fourth-order valence-electron chi connectivity index (χ4n) is 1.89. The van der Waals surface area contributed by atoms with Crippen molar-refractivity contribution in [1.29, 1.82) is 0 Å². The molecule has 20 heavy (non-hydrogen) atoms. The van der Waals surface area contributed by atoms with E-state index in [0.717, 1.165) is 11.3 Å². The second-order valence-electron chi connectivity index (χ2n) is 4.47. The van der Waals surface area contributed by atoms with Gasteiger partial charge in [0.25, 0.3) is 5.69 Å². The fraction of sp³-hybridized carbons (Fsp3) is 0.200. The molecule has 2 aromatic carbocycles. The molecule has 0 heterocycles. The van der Waals surface area contributed by atoms with Crippen molar-refractivity contribution in [3.8, 4) is 5.75 Å². The summed E-state index contributed by atoms with van der Waals surface area (Å²) in [5.41, 5.74) is 2.96. The van der Waals surface area contributed by atoms with Crippen LogP contribution in [0.4, 0.5) is 11.4 Å². The van der Waals surface area contributed by atoms with Gasteiger partial charge < -0.3 is 10.1 Å². The Kier molecular flexibility index (Phi) is 4.20. The average Bonchev–Trinajstić information content (AvgIpc) is 2.46. The number of hydrogen-bond donors (Lipinski definition) is 1. The third-order valence-corrected chi connectivity index (χ3v) is 3.01. The van der Waals surface area contributed by atoms with E-state index >= 15 is 0 Å². The maximum absolute atomic E-state index is 10.8. The first-order valence-electron chi connectivity index (χ1n) is 6.22. The van der Waals surface area contributed by atoms with Gasteiger partial charge in [-0.25, -0.2) is 0 Å². The lowest BCUT2D eigenvalue weighted by atomic mass is 10.1. The lowest BCUT2D eigenvalue weighted by Gasteiger charge is -2.10. The Labute approximate surface area is 117 Å². The van der Waals surface area contributed by atoms with Crippen molar-refractivity contribution >= 4 is 11.4 Å². The second-order valence-corrected chi connectivity index (χ2v) is 4.47. The first-order chi connectivity index (χ1) is 9.60. The number of nitrogens with one attached hydrogen (secondary N) is 1. The summed E-state index contributed by atoms with van der Waals surface area (Å²) >= 11 is 0. The SMILES string of the molecule is COc1ccc([N+](=O)[O-])cc1CNc1ccc(C)cc1. The van der Waals surface area contributed by atoms with Crippen molar-refractivity contribution in [1.82, 2.24) is 0 Å². The minimum Gasteiger partial charge on any atom is -0.496 e. The largest absolute Gasteiger partial charge is 0.496 e. The van der Waals surface area contributed by atoms with Gasteiger partial charge in [-0.2, -0.15) is 0 Å². The first-order valence-corrected chi connectivity index (χ1v) is 6.22. The Morgan fingerprint density at radius 3 is 2.50 bits per heavy atom. The molecule has 0 atom stereocenters. The summed E-state index contributed by atoms with van der Waals surface area (Å²) in [5.74, 6) is 0.634. The quantitative estimate of drug-likeness (QED) is 0.668. The lowest BCUT2D eigenvalue weighted by Crippen LogP contribution is -2.02. The van der Waals surface area contributed by atoms with Crippen molar-refractivity contribution < 1.29 is 9.66 Å². The smallest absolute Gasteiger partial charge is 0.270 e. The predicted molar refractivity (Wildman–Crippen MR) is 78.2 cm³/mol. The van der Waals surface area contributed by atoms with Crippen LogP contribution in [0.1, 0.15) is 11.1 Å². The molecule has 0 aliphatic heterocycles. The number of rotatable bonds is 5. The van der Waals surface area contributed by atoms with Gasteiger partial charge in [0.15, 0.2) is 0 Å². The van der Waals surface area contributed by atoms with Crippen LogP contribution in [-0.4, -0.2) is 12.0 Å². The summed E-state index contributed by atoms with van der Waals surface area (Å²) in [6.45, 7) is 2.49. The summed E-state index contributed by atoms with van der Waals surface area (Å²) in [6, 6.07) is 12.5. The molecule has 0 fully saturated rings. The van der Waals surface area contributed by atoms with Crippen LogP contribution in [-0.2, 0) is 6.54 Å². The van der Waals surface area contributed by atoms with Gasteiger partial charge in [0.2, 0.25) is 0 Å². The van der Waals surface area contributed by atoms with Crippen LogP contribution in [0, 0.1) is 17.0 Å². The molecule has 1 N–H and O–H groups in total. The van der Waals surface area contributed by atoms with Gasteiger partial charge in [-0.3, -0.25) is 10.1 Å². The number of aryl methyl sites for hydroxylation is 1. The Morgan fingerprint density at radius 1 is 1.20 bits per heavy atom. The maximum Gasteiger partial charge on any atom is 0.270 e. The van der Waals surface area contributed by atoms with E-state index in [1.54, 1.807) is 13.2 Å². The molecular formula is C15H16N2O3. The lowest BCUT2D eigenvalue weighted by molar-refractivity contribution is -0.384. The van der Waals surface area contributed by atoms with Crippen molar-refractivity contribution in [2.24, 2.45) is 0 Å². The van der Waals surface area contributed by atoms with E-state index in [0.29, 0.717) is 12.3 Å². The van der Waals surface area contributed by atoms with Crippen molar-refractivity contribution in [2.75, 3.05) is 12.4 Å². The van der Waals surface area contributed by atoms with E-state index < -0.39 is 4.92 Å². The van der Waals surface area contributed by atoms with Crippen LogP contribution < -0.4 is 10.1 Å². The van der Waals surface area contributed by atoms with Gasteiger partial charge in [-0.15, -0.1) is 0 Å². The number of ether oxygens (including phenoxy) is 1. The number of non-ortho nitro benzene ring substituents is 1. The van der Waals surface area contributed by atoms with Gasteiger partial charge in [0.1, 0.15) is 5.75 Å². The van der Waals surface area contributed by atoms with Crippen LogP contribution in [0.2, 0.25) is 0 Å². The summed E-state index contributed by atoms with van der Waals surface area (Å²) < 4.78 is 5.23. The zero-order chi connectivity index (χ0) is 14.5. The van der Waals surface area contributed by atoms with Crippen LogP contribution >= 0.6 is 0 Å². The van der Waals surface area contributed by atoms with E-state index in [9.17, 15) is 10.1 Å². The zero-order valence-electron chi connectivity index (χ0n) is 11.4. The van der Waals surface area contributed by atoms with Gasteiger partial charge in [-0.05, 0) is 25.1 Å². The fourth-order valence-corrected chi connectivity index (χ4v) is 1.89. The number of methoxy groups -OCH3 is 1. The Balaban J connectivity index is 2.16. The van der Waals surface area contributed by atoms with Crippen molar-refractivity contribution in [2.45, 2.75) is 13.5 Å². The van der Waals surface area contributed by atoms with Crippen molar-refractivity contribution in [3.63, 3.8) is 0 Å². The average molecular weight is 272 g/mol. The third-order valence-electron chi connectivity index (χ3n) is 3.01. The molecule has 0 saturated heterocycles. The summed E-state index contributed by atoms with van der Waals surface area (Å²) in [6.07, 6.45) is 0. The molecular weight excluding hydrogens is 256 g/mol. The van der Waals surface area contributed by atoms with Gasteiger partial charge in [0, 0.05) is 29.9 Å². The minimum atomic E-state index is -0.408. The normalized spacial score (nSPS) is 10.1. The summed E-state index contributed by atoms with van der Waals surface area (Å²) in [7, 11) is 1.55. The van der Waals surface area contributed by atoms with E-state index in [2.05, 4.69) is 5.32 Å². The molecule has 0 aromatic heterocycles. The molecule has 0 saturated carbocycles. The molecule has 2 rings (SSSR count). The Bertz CT molecular complexity index is 609. The topological polar surface area (TPSA) is 64.4 Å². The zero-order valence-corrected chi connectivity index (χ0v) is 11.4. The van der Waals surface area contributed by atoms with Crippen LogP contribution in [0.5, 0.6) is 5.75 Å². The number of nitro benzene ring substituents is 1. The third kappa shape index (κ3) is 3.26. The molecule has 104 valence electrons. The number of nitrogens with zero attached hydrogens (tertiary/aromatic N) is 1. The minimum absolute atomic E-state index is 0.0616. The van der Waals surface area contributed by atoms with Gasteiger partial charge in [0.05, 0.1) is 12.0 Å². The molecule has 0 bridgehead atoms. The molecule has 0 aliphatic rings. The summed E-state index contributed by atoms with van der Waals surface area (Å²) in [4.78, 5) is 10.4. The van der Waals surface area contributed by atoms with Gasteiger partial charge >= 0.3 is 0 Å². The molecule has 5 heteroatoms. The Hall–Kier alpha value is -2.56.